The van der Waals surface area contributed by atoms with E-state index in [1.54, 1.807) is 0 Å². The Hall–Kier alpha value is -1.75. The summed E-state index contributed by atoms with van der Waals surface area (Å²) in [6.07, 6.45) is 1.22. The number of hydrogen-bond donors (Lipinski definition) is 2. The number of nitro benzene ring substituents is 1. The van der Waals surface area contributed by atoms with Gasteiger partial charge in [0, 0.05) is 32.2 Å². The number of benzene rings is 1. The average Bonchev–Trinajstić information content (AvgIpc) is 2.57. The van der Waals surface area contributed by atoms with Crippen molar-refractivity contribution in [1.29, 1.82) is 0 Å². The summed E-state index contributed by atoms with van der Waals surface area (Å²) in [5.41, 5.74) is 0.0590. The van der Waals surface area contributed by atoms with Crippen molar-refractivity contribution in [1.82, 2.24) is 9.62 Å². The van der Waals surface area contributed by atoms with Gasteiger partial charge in [-0.15, -0.1) is 0 Å². The molecule has 0 saturated carbocycles. The Morgan fingerprint density at radius 1 is 1.31 bits per heavy atom. The molecular formula is C16H26N4O5S. The van der Waals surface area contributed by atoms with Gasteiger partial charge in [-0.3, -0.25) is 15.0 Å². The van der Waals surface area contributed by atoms with Gasteiger partial charge in [0.2, 0.25) is 10.0 Å². The van der Waals surface area contributed by atoms with E-state index in [1.165, 1.54) is 19.2 Å². The Morgan fingerprint density at radius 3 is 2.54 bits per heavy atom. The van der Waals surface area contributed by atoms with Crippen molar-refractivity contribution in [2.24, 2.45) is 0 Å². The fourth-order valence-corrected chi connectivity index (χ4v) is 3.84. The normalized spacial score (nSPS) is 21.5. The van der Waals surface area contributed by atoms with Crippen LogP contribution in [0.25, 0.3) is 0 Å². The van der Waals surface area contributed by atoms with Gasteiger partial charge in [-0.05, 0) is 39.4 Å². The molecule has 9 nitrogen and oxygen atoms in total. The predicted octanol–water partition coefficient (Wildman–Crippen LogP) is 1.41. The zero-order chi connectivity index (χ0) is 19.3. The molecule has 2 N–H and O–H groups in total. The van der Waals surface area contributed by atoms with Crippen molar-refractivity contribution in [3.63, 3.8) is 0 Å². The van der Waals surface area contributed by atoms with E-state index in [1.807, 2.05) is 13.8 Å². The highest BCUT2D eigenvalue weighted by molar-refractivity contribution is 7.89. The lowest BCUT2D eigenvalue weighted by Gasteiger charge is -2.35. The van der Waals surface area contributed by atoms with Crippen LogP contribution < -0.4 is 10.0 Å². The predicted molar refractivity (Wildman–Crippen MR) is 98.9 cm³/mol. The van der Waals surface area contributed by atoms with Crippen LogP contribution in [0.1, 0.15) is 20.3 Å². The summed E-state index contributed by atoms with van der Waals surface area (Å²) in [5.74, 6) is 0. The maximum atomic E-state index is 11.8. The molecule has 146 valence electrons. The van der Waals surface area contributed by atoms with E-state index in [2.05, 4.69) is 14.9 Å². The number of nitrogens with zero attached hydrogens (tertiary/aromatic N) is 2. The molecule has 10 heteroatoms. The van der Waals surface area contributed by atoms with Gasteiger partial charge < -0.3 is 10.1 Å². The maximum absolute atomic E-state index is 11.8. The summed E-state index contributed by atoms with van der Waals surface area (Å²) in [6.45, 7) is 7.27. The lowest BCUT2D eigenvalue weighted by atomic mass is 10.2. The Balaban J connectivity index is 1.95. The van der Waals surface area contributed by atoms with E-state index in [0.29, 0.717) is 12.2 Å². The van der Waals surface area contributed by atoms with Crippen LogP contribution >= 0.6 is 0 Å². The smallest absolute Gasteiger partial charge is 0.293 e. The third kappa shape index (κ3) is 5.37. The lowest BCUT2D eigenvalue weighted by Crippen LogP contribution is -2.45. The van der Waals surface area contributed by atoms with Crippen LogP contribution in [-0.2, 0) is 14.8 Å². The van der Waals surface area contributed by atoms with Crippen LogP contribution in [0.5, 0.6) is 0 Å². The third-order valence-electron chi connectivity index (χ3n) is 4.21. The van der Waals surface area contributed by atoms with Crippen molar-refractivity contribution in [3.05, 3.63) is 28.3 Å². The number of nitro groups is 1. The van der Waals surface area contributed by atoms with Crippen LogP contribution in [-0.4, -0.2) is 63.7 Å². The molecule has 0 amide bonds. The number of hydrogen-bond acceptors (Lipinski definition) is 7. The Labute approximate surface area is 153 Å². The van der Waals surface area contributed by atoms with Gasteiger partial charge in [0.15, 0.2) is 0 Å². The van der Waals surface area contributed by atoms with Gasteiger partial charge in [0.1, 0.15) is 5.69 Å². The first kappa shape index (κ1) is 20.6. The summed E-state index contributed by atoms with van der Waals surface area (Å²) in [4.78, 5) is 12.9. The minimum Gasteiger partial charge on any atom is -0.379 e. The van der Waals surface area contributed by atoms with E-state index in [-0.39, 0.29) is 22.8 Å². The van der Waals surface area contributed by atoms with Crippen LogP contribution in [0.3, 0.4) is 0 Å². The molecule has 0 aliphatic carbocycles. The second-order valence-corrected chi connectivity index (χ2v) is 8.33. The van der Waals surface area contributed by atoms with Gasteiger partial charge in [0.25, 0.3) is 5.69 Å². The first-order chi connectivity index (χ1) is 12.2. The molecule has 0 bridgehead atoms. The number of nitrogens with one attached hydrogen (secondary N) is 2. The zero-order valence-corrected chi connectivity index (χ0v) is 16.1. The SMILES string of the molecule is CNS(=O)(=O)c1ccc(NCCCN2CC(C)OC(C)C2)c([N+](=O)[O-])c1. The molecule has 26 heavy (non-hydrogen) atoms. The average molecular weight is 386 g/mol. The highest BCUT2D eigenvalue weighted by Gasteiger charge is 2.22. The first-order valence-electron chi connectivity index (χ1n) is 8.56. The van der Waals surface area contributed by atoms with E-state index in [9.17, 15) is 18.5 Å². The molecule has 1 aromatic carbocycles. The Kier molecular flexibility index (Phi) is 6.93. The van der Waals surface area contributed by atoms with Crippen LogP contribution in [0.4, 0.5) is 11.4 Å². The molecule has 1 aromatic rings. The van der Waals surface area contributed by atoms with E-state index >= 15 is 0 Å². The monoisotopic (exact) mass is 386 g/mol. The molecule has 1 fully saturated rings. The minimum absolute atomic E-state index is 0.131. The largest absolute Gasteiger partial charge is 0.379 e. The number of anilines is 1. The van der Waals surface area contributed by atoms with E-state index in [0.717, 1.165) is 32.1 Å². The van der Waals surface area contributed by atoms with Gasteiger partial charge >= 0.3 is 0 Å². The number of morpholine rings is 1. The van der Waals surface area contributed by atoms with Crippen molar-refractivity contribution in [3.8, 4) is 0 Å². The second kappa shape index (κ2) is 8.76. The fraction of sp³-hybridized carbons (Fsp3) is 0.625. The molecule has 1 aliphatic rings. The van der Waals surface area contributed by atoms with Crippen LogP contribution in [0, 0.1) is 10.1 Å². The molecule has 1 heterocycles. The molecule has 1 aliphatic heterocycles. The summed E-state index contributed by atoms with van der Waals surface area (Å²) in [6, 6.07) is 3.85. The van der Waals surface area contributed by atoms with E-state index < -0.39 is 14.9 Å². The van der Waals surface area contributed by atoms with Crippen molar-refractivity contribution in [2.75, 3.05) is 38.5 Å². The summed E-state index contributed by atoms with van der Waals surface area (Å²) >= 11 is 0. The van der Waals surface area contributed by atoms with Crippen molar-refractivity contribution in [2.45, 2.75) is 37.4 Å². The van der Waals surface area contributed by atoms with E-state index in [4.69, 9.17) is 4.74 Å². The van der Waals surface area contributed by atoms with Crippen LogP contribution in [0.2, 0.25) is 0 Å². The Morgan fingerprint density at radius 2 is 1.96 bits per heavy atom. The molecule has 2 atom stereocenters. The zero-order valence-electron chi connectivity index (χ0n) is 15.3. The maximum Gasteiger partial charge on any atom is 0.293 e. The van der Waals surface area contributed by atoms with Crippen molar-refractivity contribution >= 4 is 21.4 Å². The molecule has 2 rings (SSSR count). The molecule has 1 saturated heterocycles. The fourth-order valence-electron chi connectivity index (χ4n) is 3.09. The van der Waals surface area contributed by atoms with Crippen LogP contribution in [0.15, 0.2) is 23.1 Å². The highest BCUT2D eigenvalue weighted by atomic mass is 32.2. The van der Waals surface area contributed by atoms with Gasteiger partial charge in [-0.1, -0.05) is 0 Å². The summed E-state index contributed by atoms with van der Waals surface area (Å²) in [5, 5.41) is 14.3. The summed E-state index contributed by atoms with van der Waals surface area (Å²) in [7, 11) is -2.46. The van der Waals surface area contributed by atoms with Gasteiger partial charge in [-0.25, -0.2) is 13.1 Å². The topological polar surface area (TPSA) is 114 Å². The number of sulfonamides is 1. The molecule has 0 aromatic heterocycles. The molecule has 0 spiro atoms. The second-order valence-electron chi connectivity index (χ2n) is 6.44. The number of rotatable bonds is 8. The highest BCUT2D eigenvalue weighted by Crippen LogP contribution is 2.27. The molecule has 2 unspecified atom stereocenters. The number of ether oxygens (including phenoxy) is 1. The molecular weight excluding hydrogens is 360 g/mol. The Bertz CT molecular complexity index is 730. The molecule has 0 radical (unpaired) electrons. The summed E-state index contributed by atoms with van der Waals surface area (Å²) < 4.78 is 31.5. The quantitative estimate of drug-likeness (QED) is 0.394. The lowest BCUT2D eigenvalue weighted by molar-refractivity contribution is -0.384. The van der Waals surface area contributed by atoms with Crippen molar-refractivity contribution < 1.29 is 18.1 Å². The minimum atomic E-state index is -3.72. The standard InChI is InChI=1S/C16H26N4O5S/c1-12-10-19(11-13(2)25-12)8-4-7-18-15-6-5-14(26(23,24)17-3)9-16(15)20(21)22/h5-6,9,12-13,17-18H,4,7-8,10-11H2,1-3H3. The van der Waals surface area contributed by atoms with Gasteiger partial charge in [0.05, 0.1) is 22.0 Å². The van der Waals surface area contributed by atoms with Gasteiger partial charge in [-0.2, -0.15) is 0 Å². The third-order valence-corrected chi connectivity index (χ3v) is 5.62. The first-order valence-corrected chi connectivity index (χ1v) is 10.0.